The number of furan rings is 1. The number of benzene rings is 1. The lowest BCUT2D eigenvalue weighted by Crippen LogP contribution is -2.12. The molecule has 0 saturated heterocycles. The first-order chi connectivity index (χ1) is 8.20. The van der Waals surface area contributed by atoms with Crippen LogP contribution in [0.3, 0.4) is 0 Å². The van der Waals surface area contributed by atoms with Crippen LogP contribution in [0.2, 0.25) is 0 Å². The second-order valence-corrected chi connectivity index (χ2v) is 3.59. The van der Waals surface area contributed by atoms with Gasteiger partial charge in [-0.1, -0.05) is 12.1 Å². The zero-order valence-corrected chi connectivity index (χ0v) is 9.27. The lowest BCUT2D eigenvalue weighted by molar-refractivity contribution is 0.102. The number of aldehydes is 1. The molecule has 1 heterocycles. The van der Waals surface area contributed by atoms with E-state index in [4.69, 9.17) is 4.42 Å². The van der Waals surface area contributed by atoms with Crippen LogP contribution in [-0.4, -0.2) is 12.2 Å². The van der Waals surface area contributed by atoms with E-state index in [-0.39, 0.29) is 5.91 Å². The molecule has 0 aliphatic carbocycles. The Morgan fingerprint density at radius 1 is 1.35 bits per heavy atom. The topological polar surface area (TPSA) is 59.3 Å². The van der Waals surface area contributed by atoms with Gasteiger partial charge in [-0.3, -0.25) is 9.59 Å². The molecule has 1 aromatic heterocycles. The third-order valence-corrected chi connectivity index (χ3v) is 2.38. The van der Waals surface area contributed by atoms with Crippen LogP contribution >= 0.6 is 0 Å². The molecule has 2 aromatic rings. The molecule has 0 radical (unpaired) electrons. The maximum absolute atomic E-state index is 11.8. The van der Waals surface area contributed by atoms with Crippen molar-refractivity contribution in [3.8, 4) is 0 Å². The Kier molecular flexibility index (Phi) is 3.05. The number of carbonyl (C=O) groups is 2. The standard InChI is InChI=1S/C13H11NO3/c1-9-12(5-6-17-9)13(16)14-11-4-2-3-10(7-11)8-15/h2-8H,1H3,(H,14,16). The lowest BCUT2D eigenvalue weighted by atomic mass is 10.2. The highest BCUT2D eigenvalue weighted by Crippen LogP contribution is 2.14. The molecule has 4 nitrogen and oxygen atoms in total. The lowest BCUT2D eigenvalue weighted by Gasteiger charge is -2.04. The minimum absolute atomic E-state index is 0.251. The molecule has 0 bridgehead atoms. The Balaban J connectivity index is 2.18. The van der Waals surface area contributed by atoms with E-state index in [1.807, 2.05) is 0 Å². The summed E-state index contributed by atoms with van der Waals surface area (Å²) in [6, 6.07) is 8.32. The Morgan fingerprint density at radius 2 is 2.18 bits per heavy atom. The van der Waals surface area contributed by atoms with Gasteiger partial charge in [0.05, 0.1) is 11.8 Å². The summed E-state index contributed by atoms with van der Waals surface area (Å²) in [5, 5.41) is 2.70. The van der Waals surface area contributed by atoms with E-state index < -0.39 is 0 Å². The number of aryl methyl sites for hydroxylation is 1. The van der Waals surface area contributed by atoms with E-state index in [2.05, 4.69) is 5.32 Å². The minimum Gasteiger partial charge on any atom is -0.469 e. The van der Waals surface area contributed by atoms with Crippen LogP contribution in [0.1, 0.15) is 26.5 Å². The van der Waals surface area contributed by atoms with Crippen LogP contribution in [0.15, 0.2) is 41.0 Å². The number of nitrogens with one attached hydrogen (secondary N) is 1. The van der Waals surface area contributed by atoms with Gasteiger partial charge in [-0.2, -0.15) is 0 Å². The van der Waals surface area contributed by atoms with E-state index in [0.29, 0.717) is 22.6 Å². The highest BCUT2D eigenvalue weighted by Gasteiger charge is 2.11. The molecule has 0 aliphatic heterocycles. The maximum Gasteiger partial charge on any atom is 0.259 e. The molecule has 0 spiro atoms. The fraction of sp³-hybridized carbons (Fsp3) is 0.0769. The monoisotopic (exact) mass is 229 g/mol. The molecular weight excluding hydrogens is 218 g/mol. The van der Waals surface area contributed by atoms with E-state index in [1.54, 1.807) is 37.3 Å². The number of rotatable bonds is 3. The SMILES string of the molecule is Cc1occc1C(=O)Nc1cccc(C=O)c1. The van der Waals surface area contributed by atoms with Crippen molar-refractivity contribution in [3.05, 3.63) is 53.5 Å². The zero-order chi connectivity index (χ0) is 12.3. The van der Waals surface area contributed by atoms with E-state index in [1.165, 1.54) is 6.26 Å². The van der Waals surface area contributed by atoms with Crippen LogP contribution in [0.4, 0.5) is 5.69 Å². The first-order valence-corrected chi connectivity index (χ1v) is 5.11. The molecule has 4 heteroatoms. The average molecular weight is 229 g/mol. The van der Waals surface area contributed by atoms with Crippen LogP contribution in [0.5, 0.6) is 0 Å². The molecule has 2 rings (SSSR count). The summed E-state index contributed by atoms with van der Waals surface area (Å²) in [4.78, 5) is 22.4. The van der Waals surface area contributed by atoms with Crippen LogP contribution in [0, 0.1) is 6.92 Å². The fourth-order valence-electron chi connectivity index (χ4n) is 1.51. The Hall–Kier alpha value is -2.36. The van der Waals surface area contributed by atoms with Crippen molar-refractivity contribution >= 4 is 17.9 Å². The Morgan fingerprint density at radius 3 is 2.82 bits per heavy atom. The number of hydrogen-bond donors (Lipinski definition) is 1. The van der Waals surface area contributed by atoms with Crippen molar-refractivity contribution in [1.29, 1.82) is 0 Å². The van der Waals surface area contributed by atoms with Gasteiger partial charge in [-0.15, -0.1) is 0 Å². The third-order valence-electron chi connectivity index (χ3n) is 2.38. The first-order valence-electron chi connectivity index (χ1n) is 5.11. The number of anilines is 1. The number of amides is 1. The molecule has 0 fully saturated rings. The molecule has 17 heavy (non-hydrogen) atoms. The van der Waals surface area contributed by atoms with E-state index >= 15 is 0 Å². The molecule has 0 saturated carbocycles. The fourth-order valence-corrected chi connectivity index (χ4v) is 1.51. The quantitative estimate of drug-likeness (QED) is 0.823. The summed E-state index contributed by atoms with van der Waals surface area (Å²) >= 11 is 0. The Labute approximate surface area is 98.3 Å². The summed E-state index contributed by atoms with van der Waals surface area (Å²) in [5.74, 6) is 0.313. The van der Waals surface area contributed by atoms with Gasteiger partial charge in [0.25, 0.3) is 5.91 Å². The van der Waals surface area contributed by atoms with E-state index in [0.717, 1.165) is 6.29 Å². The molecule has 1 amide bonds. The van der Waals surface area contributed by atoms with Gasteiger partial charge in [0.2, 0.25) is 0 Å². The number of hydrogen-bond acceptors (Lipinski definition) is 3. The van der Waals surface area contributed by atoms with Crippen molar-refractivity contribution in [1.82, 2.24) is 0 Å². The normalized spacial score (nSPS) is 9.94. The Bertz CT molecular complexity index is 557. The molecular formula is C13H11NO3. The maximum atomic E-state index is 11.8. The summed E-state index contributed by atoms with van der Waals surface area (Å²) in [6.45, 7) is 1.72. The van der Waals surface area contributed by atoms with Crippen molar-refractivity contribution < 1.29 is 14.0 Å². The highest BCUT2D eigenvalue weighted by molar-refractivity contribution is 6.05. The van der Waals surface area contributed by atoms with Gasteiger partial charge in [0.15, 0.2) is 0 Å². The van der Waals surface area contributed by atoms with Gasteiger partial charge >= 0.3 is 0 Å². The van der Waals surface area contributed by atoms with Crippen LogP contribution < -0.4 is 5.32 Å². The van der Waals surface area contributed by atoms with Crippen LogP contribution in [-0.2, 0) is 0 Å². The molecule has 0 atom stereocenters. The predicted molar refractivity (Wildman–Crippen MR) is 63.2 cm³/mol. The van der Waals surface area contributed by atoms with Crippen molar-refractivity contribution in [2.75, 3.05) is 5.32 Å². The van der Waals surface area contributed by atoms with Gasteiger partial charge in [0, 0.05) is 11.3 Å². The van der Waals surface area contributed by atoms with Crippen molar-refractivity contribution in [2.24, 2.45) is 0 Å². The zero-order valence-electron chi connectivity index (χ0n) is 9.27. The molecule has 0 unspecified atom stereocenters. The summed E-state index contributed by atoms with van der Waals surface area (Å²) in [7, 11) is 0. The van der Waals surface area contributed by atoms with Crippen LogP contribution in [0.25, 0.3) is 0 Å². The molecule has 1 N–H and O–H groups in total. The largest absolute Gasteiger partial charge is 0.469 e. The second-order valence-electron chi connectivity index (χ2n) is 3.59. The average Bonchev–Trinajstić information content (AvgIpc) is 2.76. The summed E-state index contributed by atoms with van der Waals surface area (Å²) in [5.41, 5.74) is 1.59. The van der Waals surface area contributed by atoms with Gasteiger partial charge < -0.3 is 9.73 Å². The third kappa shape index (κ3) is 2.42. The van der Waals surface area contributed by atoms with Gasteiger partial charge in [-0.25, -0.2) is 0 Å². The molecule has 86 valence electrons. The highest BCUT2D eigenvalue weighted by atomic mass is 16.3. The summed E-state index contributed by atoms with van der Waals surface area (Å²) in [6.07, 6.45) is 2.20. The smallest absolute Gasteiger partial charge is 0.259 e. The second kappa shape index (κ2) is 4.65. The predicted octanol–water partition coefficient (Wildman–Crippen LogP) is 2.65. The summed E-state index contributed by atoms with van der Waals surface area (Å²) < 4.78 is 5.05. The number of carbonyl (C=O) groups excluding carboxylic acids is 2. The van der Waals surface area contributed by atoms with Crippen molar-refractivity contribution in [3.63, 3.8) is 0 Å². The molecule has 0 aliphatic rings. The molecule has 1 aromatic carbocycles. The first kappa shape index (κ1) is 11.1. The van der Waals surface area contributed by atoms with Gasteiger partial charge in [0.1, 0.15) is 12.0 Å². The van der Waals surface area contributed by atoms with Gasteiger partial charge in [-0.05, 0) is 25.1 Å². The van der Waals surface area contributed by atoms with Crippen molar-refractivity contribution in [2.45, 2.75) is 6.92 Å². The van der Waals surface area contributed by atoms with E-state index in [9.17, 15) is 9.59 Å². The minimum atomic E-state index is -0.251.